The molecular weight excluding hydrogens is 305 g/mol. The number of hydrogen-bond donors (Lipinski definition) is 1. The van der Waals surface area contributed by atoms with Crippen LogP contribution in [-0.4, -0.2) is 16.1 Å². The Balaban J connectivity index is 2.44. The number of halogens is 2. The number of aromatic carboxylic acids is 1. The third-order valence-corrected chi connectivity index (χ3v) is 2.72. The zero-order valence-electron chi connectivity index (χ0n) is 8.93. The molecule has 0 aliphatic heterocycles. The molecule has 0 saturated carbocycles. The van der Waals surface area contributed by atoms with E-state index in [0.717, 1.165) is 6.07 Å². The van der Waals surface area contributed by atoms with Gasteiger partial charge >= 0.3 is 5.97 Å². The highest BCUT2D eigenvalue weighted by Gasteiger charge is 2.18. The Morgan fingerprint density at radius 1 is 1.33 bits per heavy atom. The van der Waals surface area contributed by atoms with E-state index in [2.05, 4.69) is 20.9 Å². The molecule has 0 aliphatic carbocycles. The molecule has 0 spiro atoms. The first-order valence-corrected chi connectivity index (χ1v) is 5.69. The summed E-state index contributed by atoms with van der Waals surface area (Å²) in [6.07, 6.45) is 1.49. The molecule has 0 unspecified atom stereocenters. The van der Waals surface area contributed by atoms with Crippen molar-refractivity contribution in [1.82, 2.24) is 4.98 Å². The summed E-state index contributed by atoms with van der Waals surface area (Å²) in [6.45, 7) is 0. The lowest BCUT2D eigenvalue weighted by Gasteiger charge is -2.09. The third kappa shape index (κ3) is 2.48. The van der Waals surface area contributed by atoms with Gasteiger partial charge in [-0.05, 0) is 40.2 Å². The van der Waals surface area contributed by atoms with Crippen molar-refractivity contribution in [3.8, 4) is 11.6 Å². The van der Waals surface area contributed by atoms with Crippen molar-refractivity contribution in [1.29, 1.82) is 0 Å². The molecule has 1 aromatic carbocycles. The number of carboxylic acid groups (broad SMARTS) is 1. The molecule has 1 N–H and O–H groups in total. The lowest BCUT2D eigenvalue weighted by atomic mass is 10.2. The fourth-order valence-electron chi connectivity index (χ4n) is 1.35. The van der Waals surface area contributed by atoms with E-state index in [9.17, 15) is 9.18 Å². The predicted molar refractivity (Wildman–Crippen MR) is 65.4 cm³/mol. The van der Waals surface area contributed by atoms with Crippen molar-refractivity contribution in [3.63, 3.8) is 0 Å². The number of hydrogen-bond acceptors (Lipinski definition) is 3. The number of rotatable bonds is 3. The molecule has 0 atom stereocenters. The summed E-state index contributed by atoms with van der Waals surface area (Å²) in [6, 6.07) is 7.16. The van der Waals surface area contributed by atoms with Crippen LogP contribution in [-0.2, 0) is 0 Å². The topological polar surface area (TPSA) is 59.4 Å². The maximum Gasteiger partial charge on any atom is 0.342 e. The second-order valence-corrected chi connectivity index (χ2v) is 4.16. The van der Waals surface area contributed by atoms with Crippen molar-refractivity contribution >= 4 is 21.9 Å². The normalized spacial score (nSPS) is 10.1. The van der Waals surface area contributed by atoms with Crippen LogP contribution in [0, 0.1) is 5.82 Å². The first kappa shape index (κ1) is 12.5. The van der Waals surface area contributed by atoms with E-state index < -0.39 is 17.3 Å². The van der Waals surface area contributed by atoms with Crippen LogP contribution < -0.4 is 4.74 Å². The molecular formula is C12H7BrFNO3. The molecule has 6 heteroatoms. The lowest BCUT2D eigenvalue weighted by molar-refractivity contribution is 0.0689. The highest BCUT2D eigenvalue weighted by molar-refractivity contribution is 9.10. The Morgan fingerprint density at radius 3 is 2.78 bits per heavy atom. The molecule has 2 rings (SSSR count). The van der Waals surface area contributed by atoms with Gasteiger partial charge in [-0.15, -0.1) is 0 Å². The van der Waals surface area contributed by atoms with Crippen LogP contribution in [0.1, 0.15) is 10.4 Å². The molecule has 2 aromatic rings. The van der Waals surface area contributed by atoms with Crippen LogP contribution in [0.25, 0.3) is 0 Å². The zero-order chi connectivity index (χ0) is 13.1. The lowest BCUT2D eigenvalue weighted by Crippen LogP contribution is -2.04. The molecule has 0 bridgehead atoms. The van der Waals surface area contributed by atoms with Crippen LogP contribution in [0.2, 0.25) is 0 Å². The number of carbonyl (C=O) groups is 1. The van der Waals surface area contributed by atoms with Gasteiger partial charge in [0, 0.05) is 6.20 Å². The first-order chi connectivity index (χ1) is 8.59. The largest absolute Gasteiger partial charge is 0.477 e. The van der Waals surface area contributed by atoms with Gasteiger partial charge in [0.25, 0.3) is 0 Å². The van der Waals surface area contributed by atoms with Crippen molar-refractivity contribution in [2.24, 2.45) is 0 Å². The number of carboxylic acids is 1. The maximum atomic E-state index is 13.4. The fourth-order valence-corrected chi connectivity index (χ4v) is 1.68. The van der Waals surface area contributed by atoms with E-state index >= 15 is 0 Å². The predicted octanol–water partition coefficient (Wildman–Crippen LogP) is 3.47. The number of ether oxygens (including phenoxy) is 1. The molecule has 0 saturated heterocycles. The van der Waals surface area contributed by atoms with E-state index in [-0.39, 0.29) is 11.6 Å². The van der Waals surface area contributed by atoms with Crippen molar-refractivity contribution in [2.45, 2.75) is 0 Å². The van der Waals surface area contributed by atoms with E-state index in [0.29, 0.717) is 4.47 Å². The summed E-state index contributed by atoms with van der Waals surface area (Å²) in [5, 5.41) is 8.94. The van der Waals surface area contributed by atoms with Gasteiger partial charge in [-0.25, -0.2) is 14.2 Å². The van der Waals surface area contributed by atoms with E-state index in [1.165, 1.54) is 18.3 Å². The van der Waals surface area contributed by atoms with E-state index in [4.69, 9.17) is 9.84 Å². The van der Waals surface area contributed by atoms with Gasteiger partial charge in [-0.1, -0.05) is 6.07 Å². The molecule has 1 aromatic heterocycles. The first-order valence-electron chi connectivity index (χ1n) is 4.90. The summed E-state index contributed by atoms with van der Waals surface area (Å²) in [5.41, 5.74) is -0.518. The van der Waals surface area contributed by atoms with Crippen molar-refractivity contribution < 1.29 is 19.0 Å². The van der Waals surface area contributed by atoms with Gasteiger partial charge in [0.15, 0.2) is 0 Å². The van der Waals surface area contributed by atoms with Gasteiger partial charge in [-0.2, -0.15) is 0 Å². The summed E-state index contributed by atoms with van der Waals surface area (Å²) in [7, 11) is 0. The number of pyridine rings is 1. The van der Waals surface area contributed by atoms with Crippen LogP contribution in [0.4, 0.5) is 4.39 Å². The molecule has 0 aliphatic rings. The van der Waals surface area contributed by atoms with Gasteiger partial charge in [0.05, 0.1) is 4.47 Å². The third-order valence-electron chi connectivity index (χ3n) is 2.12. The van der Waals surface area contributed by atoms with E-state index in [1.54, 1.807) is 12.1 Å². The Hall–Kier alpha value is -1.95. The molecule has 4 nitrogen and oxygen atoms in total. The Kier molecular flexibility index (Phi) is 3.57. The Bertz CT molecular complexity index is 604. The van der Waals surface area contributed by atoms with Crippen LogP contribution >= 0.6 is 15.9 Å². The molecule has 0 amide bonds. The molecule has 0 fully saturated rings. The summed E-state index contributed by atoms with van der Waals surface area (Å²) in [4.78, 5) is 14.9. The van der Waals surface area contributed by atoms with Crippen molar-refractivity contribution in [3.05, 3.63) is 52.4 Å². The SMILES string of the molecule is O=C(O)c1c(F)cccc1Oc1ncccc1Br. The molecule has 18 heavy (non-hydrogen) atoms. The Labute approximate surface area is 110 Å². The standard InChI is InChI=1S/C12H7BrFNO3/c13-7-3-2-6-15-11(7)18-9-5-1-4-8(14)10(9)12(16)17/h1-6H,(H,16,17). The quantitative estimate of drug-likeness (QED) is 0.943. The van der Waals surface area contributed by atoms with Crippen LogP contribution in [0.15, 0.2) is 41.0 Å². The second kappa shape index (κ2) is 5.14. The minimum absolute atomic E-state index is 0.0955. The number of nitrogens with zero attached hydrogens (tertiary/aromatic N) is 1. The van der Waals surface area contributed by atoms with Crippen LogP contribution in [0.3, 0.4) is 0 Å². The average Bonchev–Trinajstić information content (AvgIpc) is 2.31. The van der Waals surface area contributed by atoms with Gasteiger partial charge in [0.1, 0.15) is 17.1 Å². The minimum Gasteiger partial charge on any atom is -0.477 e. The second-order valence-electron chi connectivity index (χ2n) is 3.31. The number of aromatic nitrogens is 1. The smallest absolute Gasteiger partial charge is 0.342 e. The molecule has 0 radical (unpaired) electrons. The molecule has 92 valence electrons. The zero-order valence-corrected chi connectivity index (χ0v) is 10.5. The Morgan fingerprint density at radius 2 is 2.11 bits per heavy atom. The summed E-state index contributed by atoms with van der Waals surface area (Å²) >= 11 is 3.21. The highest BCUT2D eigenvalue weighted by Crippen LogP contribution is 2.30. The van der Waals surface area contributed by atoms with Crippen LogP contribution in [0.5, 0.6) is 11.6 Å². The summed E-state index contributed by atoms with van der Waals surface area (Å²) in [5.74, 6) is -2.17. The maximum absolute atomic E-state index is 13.4. The fraction of sp³-hybridized carbons (Fsp3) is 0. The number of benzene rings is 1. The van der Waals surface area contributed by atoms with Gasteiger partial charge < -0.3 is 9.84 Å². The molecule has 1 heterocycles. The van der Waals surface area contributed by atoms with Gasteiger partial charge in [-0.3, -0.25) is 0 Å². The average molecular weight is 312 g/mol. The summed E-state index contributed by atoms with van der Waals surface area (Å²) < 4.78 is 19.3. The van der Waals surface area contributed by atoms with Crippen molar-refractivity contribution in [2.75, 3.05) is 0 Å². The monoisotopic (exact) mass is 311 g/mol. The minimum atomic E-state index is -1.39. The highest BCUT2D eigenvalue weighted by atomic mass is 79.9. The van der Waals surface area contributed by atoms with E-state index in [1.807, 2.05) is 0 Å². The van der Waals surface area contributed by atoms with Gasteiger partial charge in [0.2, 0.25) is 5.88 Å².